The number of rotatable bonds is 6. The summed E-state index contributed by atoms with van der Waals surface area (Å²) in [6.07, 6.45) is 3.03. The molecule has 1 aliphatic heterocycles. The highest BCUT2D eigenvalue weighted by Crippen LogP contribution is 2.30. The van der Waals surface area contributed by atoms with Crippen molar-refractivity contribution in [3.63, 3.8) is 0 Å². The number of carbonyl (C=O) groups is 1. The minimum atomic E-state index is -0.242. The van der Waals surface area contributed by atoms with E-state index in [0.717, 1.165) is 54.4 Å². The first-order valence-corrected chi connectivity index (χ1v) is 11.9. The van der Waals surface area contributed by atoms with Crippen molar-refractivity contribution in [2.45, 2.75) is 33.7 Å². The average molecular weight is 479 g/mol. The van der Waals surface area contributed by atoms with E-state index in [2.05, 4.69) is 44.2 Å². The summed E-state index contributed by atoms with van der Waals surface area (Å²) in [6.45, 7) is 12.4. The van der Waals surface area contributed by atoms with E-state index in [1.54, 1.807) is 0 Å². The summed E-state index contributed by atoms with van der Waals surface area (Å²) in [6, 6.07) is 12.4. The van der Waals surface area contributed by atoms with Crippen LogP contribution in [-0.2, 0) is 0 Å². The number of para-hydroxylation sites is 1. The van der Waals surface area contributed by atoms with Gasteiger partial charge in [0.05, 0.1) is 16.3 Å². The van der Waals surface area contributed by atoms with Crippen molar-refractivity contribution >= 4 is 40.5 Å². The highest BCUT2D eigenvalue weighted by Gasteiger charge is 2.20. The minimum Gasteiger partial charge on any atom is -0.368 e. The van der Waals surface area contributed by atoms with Crippen molar-refractivity contribution < 1.29 is 4.79 Å². The maximum Gasteiger partial charge on any atom is 0.258 e. The summed E-state index contributed by atoms with van der Waals surface area (Å²) in [5, 5.41) is 6.81. The summed E-state index contributed by atoms with van der Waals surface area (Å²) in [7, 11) is 0. The number of aryl methyl sites for hydroxylation is 2. The van der Waals surface area contributed by atoms with E-state index < -0.39 is 0 Å². The maximum absolute atomic E-state index is 12.6. The van der Waals surface area contributed by atoms with Gasteiger partial charge in [0.1, 0.15) is 0 Å². The molecular weight excluding hydrogens is 448 g/mol. The molecule has 2 N–H and O–H groups in total. The van der Waals surface area contributed by atoms with E-state index in [4.69, 9.17) is 11.6 Å². The molecule has 0 bridgehead atoms. The van der Waals surface area contributed by atoms with Gasteiger partial charge in [-0.25, -0.2) is 9.97 Å². The second kappa shape index (κ2) is 10.4. The largest absolute Gasteiger partial charge is 0.368 e. The molecule has 1 aliphatic rings. The Balaban J connectivity index is 1.39. The number of hydrogen-bond donors (Lipinski definition) is 2. The van der Waals surface area contributed by atoms with Crippen LogP contribution in [0.2, 0.25) is 5.02 Å². The van der Waals surface area contributed by atoms with Gasteiger partial charge in [0.2, 0.25) is 5.95 Å². The van der Waals surface area contributed by atoms with Gasteiger partial charge in [-0.3, -0.25) is 9.69 Å². The monoisotopic (exact) mass is 478 g/mol. The van der Waals surface area contributed by atoms with Gasteiger partial charge in [0.15, 0.2) is 0 Å². The zero-order chi connectivity index (χ0) is 24.2. The quantitative estimate of drug-likeness (QED) is 0.502. The van der Waals surface area contributed by atoms with Crippen LogP contribution in [-0.4, -0.2) is 53.0 Å². The Morgan fingerprint density at radius 1 is 1.00 bits per heavy atom. The van der Waals surface area contributed by atoms with Gasteiger partial charge in [-0.15, -0.1) is 0 Å². The molecule has 1 fully saturated rings. The van der Waals surface area contributed by atoms with Crippen molar-refractivity contribution in [3.8, 4) is 0 Å². The lowest BCUT2D eigenvalue weighted by atomic mass is 10.1. The summed E-state index contributed by atoms with van der Waals surface area (Å²) < 4.78 is 0. The number of nitrogens with one attached hydrogen (secondary N) is 2. The lowest BCUT2D eigenvalue weighted by molar-refractivity contribution is 0.102. The highest BCUT2D eigenvalue weighted by molar-refractivity contribution is 6.33. The van der Waals surface area contributed by atoms with Crippen molar-refractivity contribution in [2.75, 3.05) is 41.7 Å². The van der Waals surface area contributed by atoms with Gasteiger partial charge in [0.25, 0.3) is 5.91 Å². The van der Waals surface area contributed by atoms with Crippen LogP contribution < -0.4 is 15.5 Å². The van der Waals surface area contributed by atoms with Gasteiger partial charge >= 0.3 is 0 Å². The first kappa shape index (κ1) is 24.0. The lowest BCUT2D eigenvalue weighted by Crippen LogP contribution is -2.49. The molecule has 8 heteroatoms. The second-order valence-corrected chi connectivity index (χ2v) is 9.33. The molecule has 2 heterocycles. The van der Waals surface area contributed by atoms with E-state index in [-0.39, 0.29) is 5.91 Å². The number of carbonyl (C=O) groups excluding carboxylic acids is 1. The highest BCUT2D eigenvalue weighted by atomic mass is 35.5. The molecule has 1 amide bonds. The van der Waals surface area contributed by atoms with E-state index in [1.165, 1.54) is 12.4 Å². The number of aromatic nitrogens is 2. The molecule has 34 heavy (non-hydrogen) atoms. The van der Waals surface area contributed by atoms with Crippen molar-refractivity contribution in [1.29, 1.82) is 0 Å². The first-order valence-electron chi connectivity index (χ1n) is 11.6. The third kappa shape index (κ3) is 5.48. The fourth-order valence-corrected chi connectivity index (χ4v) is 4.46. The van der Waals surface area contributed by atoms with Crippen molar-refractivity contribution in [1.82, 2.24) is 14.9 Å². The summed E-state index contributed by atoms with van der Waals surface area (Å²) in [5.74, 6) is 0.159. The van der Waals surface area contributed by atoms with Gasteiger partial charge in [-0.05, 0) is 57.0 Å². The predicted octanol–water partition coefficient (Wildman–Crippen LogP) is 5.27. The molecule has 7 nitrogen and oxygen atoms in total. The van der Waals surface area contributed by atoms with Crippen LogP contribution in [0.4, 0.5) is 23.0 Å². The summed E-state index contributed by atoms with van der Waals surface area (Å²) in [5.41, 5.74) is 5.05. The molecule has 0 aliphatic carbocycles. The third-order valence-corrected chi connectivity index (χ3v) is 6.53. The van der Waals surface area contributed by atoms with E-state index in [0.29, 0.717) is 22.6 Å². The molecule has 0 saturated carbocycles. The average Bonchev–Trinajstić information content (AvgIpc) is 2.82. The fraction of sp³-hybridized carbons (Fsp3) is 0.346. The zero-order valence-corrected chi connectivity index (χ0v) is 20.9. The SMILES string of the molecule is Cc1cccc(C)c1NC(=O)c1cnc(Nc2ccc(N3CCN(C(C)C)CC3)c(Cl)c2)nc1. The number of nitrogens with zero attached hydrogens (tertiary/aromatic N) is 4. The molecular formula is C26H31ClN6O. The van der Waals surface area contributed by atoms with Crippen LogP contribution >= 0.6 is 11.6 Å². The van der Waals surface area contributed by atoms with Crippen molar-refractivity contribution in [2.24, 2.45) is 0 Å². The Hall–Kier alpha value is -3.16. The number of hydrogen-bond acceptors (Lipinski definition) is 6. The van der Waals surface area contributed by atoms with Crippen LogP contribution in [0.15, 0.2) is 48.8 Å². The number of piperazine rings is 1. The fourth-order valence-electron chi connectivity index (χ4n) is 4.16. The van der Waals surface area contributed by atoms with Gasteiger partial charge < -0.3 is 15.5 Å². The molecule has 3 aromatic rings. The van der Waals surface area contributed by atoms with Crippen LogP contribution in [0.1, 0.15) is 35.3 Å². The van der Waals surface area contributed by atoms with E-state index in [9.17, 15) is 4.79 Å². The standard InChI is InChI=1S/C26H31ClN6O/c1-17(2)32-10-12-33(13-11-32)23-9-8-21(14-22(23)27)30-26-28-15-20(16-29-26)25(34)31-24-18(3)6-5-7-19(24)4/h5-9,14-17H,10-13H2,1-4H3,(H,31,34)(H,28,29,30). The van der Waals surface area contributed by atoms with Crippen LogP contribution in [0, 0.1) is 13.8 Å². The van der Waals surface area contributed by atoms with Crippen molar-refractivity contribution in [3.05, 3.63) is 70.5 Å². The summed E-state index contributed by atoms with van der Waals surface area (Å²) >= 11 is 6.61. The number of amides is 1. The summed E-state index contributed by atoms with van der Waals surface area (Å²) in [4.78, 5) is 26.1. The van der Waals surface area contributed by atoms with Gasteiger partial charge in [-0.1, -0.05) is 29.8 Å². The molecule has 178 valence electrons. The van der Waals surface area contributed by atoms with Crippen LogP contribution in [0.5, 0.6) is 0 Å². The zero-order valence-electron chi connectivity index (χ0n) is 20.1. The smallest absolute Gasteiger partial charge is 0.258 e. The van der Waals surface area contributed by atoms with Crippen LogP contribution in [0.3, 0.4) is 0 Å². The topological polar surface area (TPSA) is 73.4 Å². The molecule has 0 spiro atoms. The Kier molecular flexibility index (Phi) is 7.34. The first-order chi connectivity index (χ1) is 16.3. The molecule has 2 aromatic carbocycles. The van der Waals surface area contributed by atoms with E-state index in [1.807, 2.05) is 50.2 Å². The third-order valence-electron chi connectivity index (χ3n) is 6.22. The number of benzene rings is 2. The Bertz CT molecular complexity index is 1140. The lowest BCUT2D eigenvalue weighted by Gasteiger charge is -2.38. The maximum atomic E-state index is 12.6. The number of halogens is 1. The predicted molar refractivity (Wildman–Crippen MR) is 140 cm³/mol. The van der Waals surface area contributed by atoms with Gasteiger partial charge in [0, 0.05) is 56.0 Å². The molecule has 1 aromatic heterocycles. The Morgan fingerprint density at radius 3 is 2.24 bits per heavy atom. The normalized spacial score (nSPS) is 14.4. The second-order valence-electron chi connectivity index (χ2n) is 8.92. The van der Waals surface area contributed by atoms with Crippen LogP contribution in [0.25, 0.3) is 0 Å². The number of anilines is 4. The molecule has 4 rings (SSSR count). The molecule has 0 atom stereocenters. The Labute approximate surface area is 206 Å². The minimum absolute atomic E-state index is 0.242. The molecule has 1 saturated heterocycles. The van der Waals surface area contributed by atoms with E-state index >= 15 is 0 Å². The molecule has 0 radical (unpaired) electrons. The molecule has 0 unspecified atom stereocenters. The van der Waals surface area contributed by atoms with Gasteiger partial charge in [-0.2, -0.15) is 0 Å². The Morgan fingerprint density at radius 2 is 1.65 bits per heavy atom.